The van der Waals surface area contributed by atoms with Gasteiger partial charge in [0.1, 0.15) is 23.5 Å². The Hall–Kier alpha value is -2.27. The van der Waals surface area contributed by atoms with Gasteiger partial charge in [0.25, 0.3) is 0 Å². The fourth-order valence-electron chi connectivity index (χ4n) is 1.04. The number of nitrogens with one attached hydrogen (secondary N) is 1. The summed E-state index contributed by atoms with van der Waals surface area (Å²) in [6.07, 6.45) is -0.266. The molecule has 5 heteroatoms. The quantitative estimate of drug-likeness (QED) is 0.734. The van der Waals surface area contributed by atoms with Crippen LogP contribution in [0.5, 0.6) is 0 Å². The van der Waals surface area contributed by atoms with Gasteiger partial charge in [-0.2, -0.15) is 10.5 Å². The molecule has 1 aromatic heterocycles. The van der Waals surface area contributed by atoms with E-state index in [9.17, 15) is 4.79 Å². The first-order valence-electron chi connectivity index (χ1n) is 4.32. The summed E-state index contributed by atoms with van der Waals surface area (Å²) in [5.41, 5.74) is 0.321. The number of aromatic amines is 1. The van der Waals surface area contributed by atoms with Crippen LogP contribution in [0.2, 0.25) is 0 Å². The minimum Gasteiger partial charge on any atom is -0.458 e. The van der Waals surface area contributed by atoms with Crippen molar-refractivity contribution in [3.05, 3.63) is 23.0 Å². The number of nitriles is 2. The van der Waals surface area contributed by atoms with Gasteiger partial charge >= 0.3 is 5.97 Å². The fraction of sp³-hybridized carbons (Fsp3) is 0.300. The van der Waals surface area contributed by atoms with Crippen LogP contribution in [0.3, 0.4) is 0 Å². The molecule has 0 amide bonds. The van der Waals surface area contributed by atoms with Gasteiger partial charge < -0.3 is 9.72 Å². The average Bonchev–Trinajstić information content (AvgIpc) is 2.59. The van der Waals surface area contributed by atoms with Crippen LogP contribution in [0.4, 0.5) is 0 Å². The van der Waals surface area contributed by atoms with E-state index in [2.05, 4.69) is 4.98 Å². The molecule has 0 radical (unpaired) electrons. The van der Waals surface area contributed by atoms with E-state index in [4.69, 9.17) is 15.3 Å². The van der Waals surface area contributed by atoms with E-state index in [1.807, 2.05) is 12.1 Å². The Morgan fingerprint density at radius 1 is 1.47 bits per heavy atom. The Morgan fingerprint density at radius 3 is 2.60 bits per heavy atom. The van der Waals surface area contributed by atoms with Gasteiger partial charge in [0.15, 0.2) is 0 Å². The second-order valence-corrected chi connectivity index (χ2v) is 3.15. The third-order valence-electron chi connectivity index (χ3n) is 1.61. The highest BCUT2D eigenvalue weighted by atomic mass is 16.5. The number of rotatable bonds is 2. The van der Waals surface area contributed by atoms with Crippen molar-refractivity contribution in [3.8, 4) is 12.1 Å². The van der Waals surface area contributed by atoms with Crippen molar-refractivity contribution in [2.24, 2.45) is 0 Å². The van der Waals surface area contributed by atoms with E-state index in [-0.39, 0.29) is 23.1 Å². The highest BCUT2D eigenvalue weighted by molar-refractivity contribution is 5.90. The third kappa shape index (κ3) is 2.35. The molecule has 0 aliphatic rings. The van der Waals surface area contributed by atoms with E-state index >= 15 is 0 Å². The molecule has 0 saturated heterocycles. The predicted octanol–water partition coefficient (Wildman–Crippen LogP) is 1.32. The van der Waals surface area contributed by atoms with Gasteiger partial charge in [-0.05, 0) is 19.9 Å². The Morgan fingerprint density at radius 2 is 2.13 bits per heavy atom. The number of aromatic nitrogens is 1. The van der Waals surface area contributed by atoms with Gasteiger partial charge in [-0.3, -0.25) is 0 Å². The van der Waals surface area contributed by atoms with E-state index in [0.29, 0.717) is 0 Å². The number of ether oxygens (including phenoxy) is 1. The van der Waals surface area contributed by atoms with Gasteiger partial charge in [-0.25, -0.2) is 4.79 Å². The SMILES string of the molecule is CC(C)OC(=O)c1[nH]c(C#N)cc1C#N. The summed E-state index contributed by atoms with van der Waals surface area (Å²) in [6.45, 7) is 3.41. The van der Waals surface area contributed by atoms with E-state index < -0.39 is 5.97 Å². The molecule has 5 nitrogen and oxygen atoms in total. The molecule has 15 heavy (non-hydrogen) atoms. The molecular formula is C10H9N3O2. The number of hydrogen-bond donors (Lipinski definition) is 1. The first-order valence-corrected chi connectivity index (χ1v) is 4.32. The molecule has 0 bridgehead atoms. The lowest BCUT2D eigenvalue weighted by molar-refractivity contribution is 0.0371. The molecule has 0 aliphatic heterocycles. The van der Waals surface area contributed by atoms with Gasteiger partial charge in [-0.1, -0.05) is 0 Å². The minimum atomic E-state index is -0.622. The van der Waals surface area contributed by atoms with Gasteiger partial charge in [0.2, 0.25) is 0 Å². The number of hydrogen-bond acceptors (Lipinski definition) is 4. The first-order chi connectivity index (χ1) is 7.08. The van der Waals surface area contributed by atoms with Crippen molar-refractivity contribution >= 4 is 5.97 Å². The maximum absolute atomic E-state index is 11.5. The summed E-state index contributed by atoms with van der Waals surface area (Å²) in [4.78, 5) is 14.0. The van der Waals surface area contributed by atoms with Crippen molar-refractivity contribution in [1.82, 2.24) is 4.98 Å². The topological polar surface area (TPSA) is 89.7 Å². The number of esters is 1. The Kier molecular flexibility index (Phi) is 3.10. The van der Waals surface area contributed by atoms with Crippen LogP contribution in [0.25, 0.3) is 0 Å². The van der Waals surface area contributed by atoms with Crippen LogP contribution in [-0.2, 0) is 4.74 Å². The highest BCUT2D eigenvalue weighted by Crippen LogP contribution is 2.11. The largest absolute Gasteiger partial charge is 0.458 e. The summed E-state index contributed by atoms with van der Waals surface area (Å²) in [5, 5.41) is 17.3. The number of carbonyl (C=O) groups excluding carboxylic acids is 1. The van der Waals surface area contributed by atoms with E-state index in [0.717, 1.165) is 0 Å². The number of H-pyrrole nitrogens is 1. The maximum atomic E-state index is 11.5. The molecule has 1 aromatic rings. The molecular weight excluding hydrogens is 194 g/mol. The summed E-state index contributed by atoms with van der Waals surface area (Å²) in [7, 11) is 0. The number of nitrogens with zero attached hydrogens (tertiary/aromatic N) is 2. The van der Waals surface area contributed by atoms with Gasteiger partial charge in [0.05, 0.1) is 11.7 Å². The summed E-state index contributed by atoms with van der Waals surface area (Å²) in [6, 6.07) is 4.95. The standard InChI is InChI=1S/C10H9N3O2/c1-6(2)15-10(14)9-7(4-11)3-8(5-12)13-9/h3,6,13H,1-2H3. The Balaban J connectivity index is 3.04. The summed E-state index contributed by atoms with van der Waals surface area (Å²) < 4.78 is 4.91. The van der Waals surface area contributed by atoms with Crippen molar-refractivity contribution < 1.29 is 9.53 Å². The molecule has 1 rings (SSSR count). The molecule has 0 unspecified atom stereocenters. The zero-order chi connectivity index (χ0) is 11.4. The first kappa shape index (κ1) is 10.8. The zero-order valence-electron chi connectivity index (χ0n) is 8.37. The summed E-state index contributed by atoms with van der Waals surface area (Å²) in [5.74, 6) is -0.622. The van der Waals surface area contributed by atoms with Gasteiger partial charge in [0, 0.05) is 0 Å². The fourth-order valence-corrected chi connectivity index (χ4v) is 1.04. The summed E-state index contributed by atoms with van der Waals surface area (Å²) >= 11 is 0. The van der Waals surface area contributed by atoms with Crippen LogP contribution in [0.1, 0.15) is 35.6 Å². The highest BCUT2D eigenvalue weighted by Gasteiger charge is 2.17. The molecule has 0 aromatic carbocycles. The average molecular weight is 203 g/mol. The minimum absolute atomic E-state index is 0.0303. The predicted molar refractivity (Wildman–Crippen MR) is 50.8 cm³/mol. The maximum Gasteiger partial charge on any atom is 0.356 e. The van der Waals surface area contributed by atoms with Crippen LogP contribution >= 0.6 is 0 Å². The molecule has 0 spiro atoms. The molecule has 0 saturated carbocycles. The number of carbonyl (C=O) groups is 1. The lowest BCUT2D eigenvalue weighted by Crippen LogP contribution is -2.13. The van der Waals surface area contributed by atoms with Gasteiger partial charge in [-0.15, -0.1) is 0 Å². The van der Waals surface area contributed by atoms with E-state index in [1.165, 1.54) is 6.07 Å². The van der Waals surface area contributed by atoms with Crippen LogP contribution in [0.15, 0.2) is 6.07 Å². The monoisotopic (exact) mass is 203 g/mol. The van der Waals surface area contributed by atoms with Crippen LogP contribution < -0.4 is 0 Å². The normalized spacial score (nSPS) is 9.40. The second kappa shape index (κ2) is 4.30. The third-order valence-corrected chi connectivity index (χ3v) is 1.61. The zero-order valence-corrected chi connectivity index (χ0v) is 8.37. The van der Waals surface area contributed by atoms with Crippen molar-refractivity contribution in [2.45, 2.75) is 20.0 Å². The Labute approximate surface area is 86.9 Å². The van der Waals surface area contributed by atoms with E-state index in [1.54, 1.807) is 13.8 Å². The molecule has 0 atom stereocenters. The smallest absolute Gasteiger partial charge is 0.356 e. The molecule has 0 fully saturated rings. The van der Waals surface area contributed by atoms with Crippen molar-refractivity contribution in [3.63, 3.8) is 0 Å². The van der Waals surface area contributed by atoms with Crippen LogP contribution in [-0.4, -0.2) is 17.1 Å². The molecule has 1 N–H and O–H groups in total. The van der Waals surface area contributed by atoms with Crippen molar-refractivity contribution in [2.75, 3.05) is 0 Å². The van der Waals surface area contributed by atoms with Crippen LogP contribution in [0, 0.1) is 22.7 Å². The second-order valence-electron chi connectivity index (χ2n) is 3.15. The molecule has 0 aliphatic carbocycles. The lowest BCUT2D eigenvalue weighted by Gasteiger charge is -2.06. The Bertz CT molecular complexity index is 460. The molecule has 1 heterocycles. The lowest BCUT2D eigenvalue weighted by atomic mass is 10.2. The molecule has 76 valence electrons. The van der Waals surface area contributed by atoms with Crippen molar-refractivity contribution in [1.29, 1.82) is 10.5 Å².